The highest BCUT2D eigenvalue weighted by Crippen LogP contribution is 2.34. The van der Waals surface area contributed by atoms with Crippen molar-refractivity contribution in [1.82, 2.24) is 4.98 Å². The summed E-state index contributed by atoms with van der Waals surface area (Å²) in [6.45, 7) is 1.85. The Bertz CT molecular complexity index is 1290. The maximum Gasteiger partial charge on any atom is 0.288 e. The molecule has 6 nitrogen and oxygen atoms in total. The lowest BCUT2D eigenvalue weighted by Gasteiger charge is -2.11. The lowest BCUT2D eigenvalue weighted by atomic mass is 10.1. The van der Waals surface area contributed by atoms with Crippen LogP contribution in [0.3, 0.4) is 0 Å². The molecule has 0 radical (unpaired) electrons. The number of hydrogen-bond acceptors (Lipinski definition) is 5. The summed E-state index contributed by atoms with van der Waals surface area (Å²) in [6.07, 6.45) is 0. The Morgan fingerprint density at radius 1 is 1.10 bits per heavy atom. The van der Waals surface area contributed by atoms with Gasteiger partial charge in [0.2, 0.25) is 0 Å². The number of fused-ring (bicyclic) bond motifs is 1. The van der Waals surface area contributed by atoms with E-state index in [1.165, 1.54) is 6.07 Å². The Balaban J connectivity index is 1.68. The van der Waals surface area contributed by atoms with E-state index < -0.39 is 10.8 Å². The van der Waals surface area contributed by atoms with Gasteiger partial charge in [-0.1, -0.05) is 47.5 Å². The van der Waals surface area contributed by atoms with Crippen molar-refractivity contribution in [2.75, 3.05) is 5.32 Å². The van der Waals surface area contributed by atoms with Crippen molar-refractivity contribution in [2.45, 2.75) is 6.92 Å². The third-order valence-corrected chi connectivity index (χ3v) is 6.21. The number of thiazole rings is 1. The number of rotatable bonds is 4. The first-order valence-corrected chi connectivity index (χ1v) is 10.3. The van der Waals surface area contributed by atoms with Crippen LogP contribution in [0.2, 0.25) is 10.0 Å². The maximum absolute atomic E-state index is 12.8. The largest absolute Gasteiger partial charge is 0.322 e. The van der Waals surface area contributed by atoms with E-state index in [4.69, 9.17) is 23.2 Å². The molecule has 30 heavy (non-hydrogen) atoms. The van der Waals surface area contributed by atoms with E-state index in [0.29, 0.717) is 5.69 Å². The molecular formula is C21H13Cl2N3O3S. The number of amides is 1. The number of aryl methyl sites for hydroxylation is 1. The predicted molar refractivity (Wildman–Crippen MR) is 121 cm³/mol. The molecule has 150 valence electrons. The van der Waals surface area contributed by atoms with Gasteiger partial charge in [0.1, 0.15) is 10.0 Å². The number of hydrogen-bond donors (Lipinski definition) is 1. The predicted octanol–water partition coefficient (Wildman–Crippen LogP) is 6.74. The van der Waals surface area contributed by atoms with Crippen LogP contribution in [0.1, 0.15) is 15.9 Å². The number of nitrogens with one attached hydrogen (secondary N) is 1. The molecule has 0 unspecified atom stereocenters. The Morgan fingerprint density at radius 3 is 2.60 bits per heavy atom. The highest BCUT2D eigenvalue weighted by molar-refractivity contribution is 7.21. The summed E-state index contributed by atoms with van der Waals surface area (Å²) in [7, 11) is 0. The topological polar surface area (TPSA) is 85.1 Å². The summed E-state index contributed by atoms with van der Waals surface area (Å²) >= 11 is 13.5. The van der Waals surface area contributed by atoms with Crippen molar-refractivity contribution in [1.29, 1.82) is 0 Å². The zero-order valence-corrected chi connectivity index (χ0v) is 17.8. The zero-order valence-electron chi connectivity index (χ0n) is 15.5. The van der Waals surface area contributed by atoms with Gasteiger partial charge in [-0.2, -0.15) is 0 Å². The second-order valence-electron chi connectivity index (χ2n) is 6.51. The van der Waals surface area contributed by atoms with Crippen LogP contribution in [0.15, 0.2) is 54.6 Å². The first-order chi connectivity index (χ1) is 14.3. The van der Waals surface area contributed by atoms with E-state index in [-0.39, 0.29) is 21.3 Å². The van der Waals surface area contributed by atoms with E-state index in [2.05, 4.69) is 10.3 Å². The Labute approximate surface area is 185 Å². The van der Waals surface area contributed by atoms with Crippen LogP contribution < -0.4 is 5.32 Å². The van der Waals surface area contributed by atoms with Crippen molar-refractivity contribution >= 4 is 62.0 Å². The van der Waals surface area contributed by atoms with Crippen molar-refractivity contribution < 1.29 is 9.72 Å². The SMILES string of the molecule is Cc1ccc(-c2nc3ccccc3s2)cc1NC(=O)c1cc([N+](=O)[O-])c(Cl)cc1Cl. The molecule has 1 aromatic heterocycles. The fourth-order valence-corrected chi connectivity index (χ4v) is 4.43. The molecule has 0 spiro atoms. The van der Waals surface area contributed by atoms with Gasteiger partial charge in [-0.25, -0.2) is 4.98 Å². The molecule has 0 aliphatic rings. The molecule has 1 N–H and O–H groups in total. The summed E-state index contributed by atoms with van der Waals surface area (Å²) in [5.74, 6) is -0.565. The molecule has 0 fully saturated rings. The van der Waals surface area contributed by atoms with Crippen LogP contribution in [0.5, 0.6) is 0 Å². The van der Waals surface area contributed by atoms with E-state index in [1.807, 2.05) is 49.4 Å². The van der Waals surface area contributed by atoms with Gasteiger partial charge in [0.05, 0.1) is 25.7 Å². The van der Waals surface area contributed by atoms with Crippen molar-refractivity contribution in [2.24, 2.45) is 0 Å². The first kappa shape index (κ1) is 20.3. The van der Waals surface area contributed by atoms with Gasteiger partial charge in [-0.3, -0.25) is 14.9 Å². The van der Waals surface area contributed by atoms with Crippen LogP contribution in [0.25, 0.3) is 20.8 Å². The minimum absolute atomic E-state index is 0.0300. The normalized spacial score (nSPS) is 10.9. The average Bonchev–Trinajstić information content (AvgIpc) is 3.13. The molecule has 1 heterocycles. The van der Waals surface area contributed by atoms with E-state index in [9.17, 15) is 14.9 Å². The highest BCUT2D eigenvalue weighted by atomic mass is 35.5. The molecule has 0 saturated heterocycles. The number of anilines is 1. The summed E-state index contributed by atoms with van der Waals surface area (Å²) in [5.41, 5.74) is 2.73. The number of benzene rings is 3. The van der Waals surface area contributed by atoms with Crippen LogP contribution in [0.4, 0.5) is 11.4 Å². The number of halogens is 2. The highest BCUT2D eigenvalue weighted by Gasteiger charge is 2.21. The monoisotopic (exact) mass is 457 g/mol. The molecular weight excluding hydrogens is 445 g/mol. The summed E-state index contributed by atoms with van der Waals surface area (Å²) in [6, 6.07) is 15.7. The molecule has 4 rings (SSSR count). The molecule has 0 bridgehead atoms. The van der Waals surface area contributed by atoms with Gasteiger partial charge in [0.15, 0.2) is 0 Å². The summed E-state index contributed by atoms with van der Waals surface area (Å²) < 4.78 is 1.07. The Morgan fingerprint density at radius 2 is 1.87 bits per heavy atom. The third-order valence-electron chi connectivity index (χ3n) is 4.50. The Hall–Kier alpha value is -3.00. The minimum Gasteiger partial charge on any atom is -0.322 e. The number of nitro benzene ring substituents is 1. The van der Waals surface area contributed by atoms with Crippen molar-refractivity contribution in [3.05, 3.63) is 85.9 Å². The number of para-hydroxylation sites is 1. The van der Waals surface area contributed by atoms with E-state index in [1.54, 1.807) is 11.3 Å². The van der Waals surface area contributed by atoms with E-state index in [0.717, 1.165) is 32.4 Å². The Kier molecular flexibility index (Phi) is 5.42. The van der Waals surface area contributed by atoms with Gasteiger partial charge in [0, 0.05) is 17.3 Å². The average molecular weight is 458 g/mol. The molecule has 0 aliphatic heterocycles. The zero-order chi connectivity index (χ0) is 21.4. The van der Waals surface area contributed by atoms with Crippen LogP contribution >= 0.6 is 34.5 Å². The van der Waals surface area contributed by atoms with Gasteiger partial charge in [-0.15, -0.1) is 11.3 Å². The molecule has 9 heteroatoms. The number of aromatic nitrogens is 1. The third kappa shape index (κ3) is 3.87. The van der Waals surface area contributed by atoms with Crippen LogP contribution in [-0.4, -0.2) is 15.8 Å². The van der Waals surface area contributed by atoms with Gasteiger partial charge < -0.3 is 5.32 Å². The van der Waals surface area contributed by atoms with E-state index >= 15 is 0 Å². The van der Waals surface area contributed by atoms with Crippen molar-refractivity contribution in [3.63, 3.8) is 0 Å². The fraction of sp³-hybridized carbons (Fsp3) is 0.0476. The number of nitrogens with zero attached hydrogens (tertiary/aromatic N) is 2. The summed E-state index contributed by atoms with van der Waals surface area (Å²) in [5, 5.41) is 14.6. The number of nitro groups is 1. The molecule has 0 saturated carbocycles. The summed E-state index contributed by atoms with van der Waals surface area (Å²) in [4.78, 5) is 27.9. The quantitative estimate of drug-likeness (QED) is 0.271. The smallest absolute Gasteiger partial charge is 0.288 e. The minimum atomic E-state index is -0.658. The molecule has 1 amide bonds. The lowest BCUT2D eigenvalue weighted by molar-refractivity contribution is -0.384. The van der Waals surface area contributed by atoms with Crippen molar-refractivity contribution in [3.8, 4) is 10.6 Å². The standard InChI is InChI=1S/C21H13Cl2N3O3S/c1-11-6-7-12(21-25-16-4-2-3-5-19(16)30-21)8-17(11)24-20(27)13-9-18(26(28)29)15(23)10-14(13)22/h2-10H,1H3,(H,24,27). The maximum atomic E-state index is 12.8. The number of carbonyl (C=O) groups is 1. The molecule has 0 atom stereocenters. The fourth-order valence-electron chi connectivity index (χ4n) is 2.93. The lowest BCUT2D eigenvalue weighted by Crippen LogP contribution is -2.14. The number of carbonyl (C=O) groups excluding carboxylic acids is 1. The second-order valence-corrected chi connectivity index (χ2v) is 8.36. The molecule has 0 aliphatic carbocycles. The first-order valence-electron chi connectivity index (χ1n) is 8.75. The second kappa shape index (κ2) is 8.02. The molecule has 4 aromatic rings. The van der Waals surface area contributed by atoms with Gasteiger partial charge in [-0.05, 0) is 36.8 Å². The van der Waals surface area contributed by atoms with Crippen LogP contribution in [0, 0.1) is 17.0 Å². The molecule has 3 aromatic carbocycles. The van der Waals surface area contributed by atoms with Gasteiger partial charge in [0.25, 0.3) is 11.6 Å². The van der Waals surface area contributed by atoms with Crippen LogP contribution in [-0.2, 0) is 0 Å². The van der Waals surface area contributed by atoms with Gasteiger partial charge >= 0.3 is 0 Å².